The third-order valence-electron chi connectivity index (χ3n) is 2.03. The van der Waals surface area contributed by atoms with Crippen molar-refractivity contribution >= 4 is 17.4 Å². The number of hydrogen-bond acceptors (Lipinski definition) is 3. The number of aryl methyl sites for hydroxylation is 2. The minimum absolute atomic E-state index is 0.601. The first kappa shape index (κ1) is 9.21. The molecule has 0 aliphatic carbocycles. The molecule has 1 heterocycles. The van der Waals surface area contributed by atoms with E-state index >= 15 is 0 Å². The summed E-state index contributed by atoms with van der Waals surface area (Å²) in [6.07, 6.45) is 0. The van der Waals surface area contributed by atoms with Crippen molar-refractivity contribution in [3.8, 4) is 10.4 Å². The Morgan fingerprint density at radius 3 is 2.21 bits per heavy atom. The minimum Gasteiger partial charge on any atom is -0.383 e. The zero-order valence-electron chi connectivity index (χ0n) is 8.24. The number of nitrogens with zero attached hydrogens (tertiary/aromatic N) is 1. The average Bonchev–Trinajstić information content (AvgIpc) is 2.50. The normalized spacial score (nSPS) is 10.4. The highest BCUT2D eigenvalue weighted by Crippen LogP contribution is 2.27. The third-order valence-corrected chi connectivity index (χ3v) is 2.89. The molecular formula is C11H12N2S. The summed E-state index contributed by atoms with van der Waals surface area (Å²) in [5.41, 5.74) is 9.34. The molecule has 72 valence electrons. The SMILES string of the molecule is Cc1cc(C)cc(-c2cc(N)ns2)c1. The molecular weight excluding hydrogens is 192 g/mol. The second-order valence-electron chi connectivity index (χ2n) is 3.49. The molecule has 0 fully saturated rings. The first-order chi connectivity index (χ1) is 6.65. The first-order valence-electron chi connectivity index (χ1n) is 4.46. The van der Waals surface area contributed by atoms with Crippen molar-refractivity contribution in [1.82, 2.24) is 4.37 Å². The smallest absolute Gasteiger partial charge is 0.137 e. The number of benzene rings is 1. The lowest BCUT2D eigenvalue weighted by Crippen LogP contribution is -1.81. The van der Waals surface area contributed by atoms with Gasteiger partial charge in [-0.1, -0.05) is 29.3 Å². The number of rotatable bonds is 1. The van der Waals surface area contributed by atoms with E-state index in [1.807, 2.05) is 6.07 Å². The molecule has 0 saturated heterocycles. The van der Waals surface area contributed by atoms with Crippen LogP contribution in [0.15, 0.2) is 24.3 Å². The molecule has 0 saturated carbocycles. The molecule has 0 unspecified atom stereocenters. The summed E-state index contributed by atoms with van der Waals surface area (Å²) in [7, 11) is 0. The Bertz CT molecular complexity index is 440. The van der Waals surface area contributed by atoms with E-state index in [1.54, 1.807) is 0 Å². The monoisotopic (exact) mass is 204 g/mol. The standard InChI is InChI=1S/C11H12N2S/c1-7-3-8(2)5-9(4-7)10-6-11(12)13-14-10/h3-6H,1-2H3,(H2,12,13). The maximum absolute atomic E-state index is 5.59. The van der Waals surface area contributed by atoms with Crippen molar-refractivity contribution in [3.05, 3.63) is 35.4 Å². The number of anilines is 1. The predicted octanol–water partition coefficient (Wildman–Crippen LogP) is 3.01. The molecule has 0 aliphatic rings. The van der Waals surface area contributed by atoms with Crippen LogP contribution in [0.4, 0.5) is 5.82 Å². The van der Waals surface area contributed by atoms with E-state index in [-0.39, 0.29) is 0 Å². The molecule has 0 bridgehead atoms. The largest absolute Gasteiger partial charge is 0.383 e. The van der Waals surface area contributed by atoms with Crippen molar-refractivity contribution in [2.24, 2.45) is 0 Å². The Kier molecular flexibility index (Phi) is 2.25. The first-order valence-corrected chi connectivity index (χ1v) is 5.23. The maximum atomic E-state index is 5.59. The fraction of sp³-hybridized carbons (Fsp3) is 0.182. The molecule has 0 atom stereocenters. The molecule has 1 aromatic carbocycles. The van der Waals surface area contributed by atoms with E-state index in [2.05, 4.69) is 36.4 Å². The van der Waals surface area contributed by atoms with E-state index < -0.39 is 0 Å². The van der Waals surface area contributed by atoms with E-state index in [1.165, 1.54) is 28.2 Å². The van der Waals surface area contributed by atoms with Gasteiger partial charge in [-0.05, 0) is 30.9 Å². The van der Waals surface area contributed by atoms with Gasteiger partial charge in [0.05, 0.1) is 4.88 Å². The Balaban J connectivity index is 2.51. The fourth-order valence-corrected chi connectivity index (χ4v) is 2.20. The van der Waals surface area contributed by atoms with Crippen molar-refractivity contribution < 1.29 is 0 Å². The van der Waals surface area contributed by atoms with Crippen molar-refractivity contribution in [2.45, 2.75) is 13.8 Å². The molecule has 2 aromatic rings. The second-order valence-corrected chi connectivity index (χ2v) is 4.30. The Morgan fingerprint density at radius 1 is 1.07 bits per heavy atom. The van der Waals surface area contributed by atoms with Crippen LogP contribution < -0.4 is 5.73 Å². The number of nitrogen functional groups attached to an aromatic ring is 1. The summed E-state index contributed by atoms with van der Waals surface area (Å²) in [6.45, 7) is 4.20. The van der Waals surface area contributed by atoms with Gasteiger partial charge in [0.2, 0.25) is 0 Å². The van der Waals surface area contributed by atoms with Crippen LogP contribution in [0.2, 0.25) is 0 Å². The summed E-state index contributed by atoms with van der Waals surface area (Å²) < 4.78 is 4.07. The number of hydrogen-bond donors (Lipinski definition) is 1. The van der Waals surface area contributed by atoms with Gasteiger partial charge in [-0.25, -0.2) is 0 Å². The van der Waals surface area contributed by atoms with Crippen LogP contribution in [-0.2, 0) is 0 Å². The molecule has 2 N–H and O–H groups in total. The average molecular weight is 204 g/mol. The number of nitrogens with two attached hydrogens (primary N) is 1. The quantitative estimate of drug-likeness (QED) is 0.775. The molecule has 0 amide bonds. The van der Waals surface area contributed by atoms with Crippen molar-refractivity contribution in [3.63, 3.8) is 0 Å². The van der Waals surface area contributed by atoms with Gasteiger partial charge in [-0.3, -0.25) is 0 Å². The molecule has 0 radical (unpaired) electrons. The highest BCUT2D eigenvalue weighted by atomic mass is 32.1. The van der Waals surface area contributed by atoms with Crippen LogP contribution in [0.3, 0.4) is 0 Å². The zero-order valence-corrected chi connectivity index (χ0v) is 9.06. The van der Waals surface area contributed by atoms with Crippen LogP contribution in [0, 0.1) is 13.8 Å². The minimum atomic E-state index is 0.601. The van der Waals surface area contributed by atoms with Crippen LogP contribution in [-0.4, -0.2) is 4.37 Å². The molecule has 0 aliphatic heterocycles. The fourth-order valence-electron chi connectivity index (χ4n) is 1.54. The van der Waals surface area contributed by atoms with E-state index in [0.29, 0.717) is 5.82 Å². The Labute approximate surface area is 87.6 Å². The topological polar surface area (TPSA) is 38.9 Å². The van der Waals surface area contributed by atoms with Gasteiger partial charge in [0.1, 0.15) is 5.82 Å². The molecule has 0 spiro atoms. The Hall–Kier alpha value is -1.35. The summed E-state index contributed by atoms with van der Waals surface area (Å²) >= 11 is 1.45. The highest BCUT2D eigenvalue weighted by molar-refractivity contribution is 7.09. The third kappa shape index (κ3) is 1.77. The lowest BCUT2D eigenvalue weighted by atomic mass is 10.1. The molecule has 1 aromatic heterocycles. The van der Waals surface area contributed by atoms with Crippen LogP contribution in [0.1, 0.15) is 11.1 Å². The van der Waals surface area contributed by atoms with Gasteiger partial charge >= 0.3 is 0 Å². The molecule has 3 heteroatoms. The predicted molar refractivity (Wildman–Crippen MR) is 61.4 cm³/mol. The maximum Gasteiger partial charge on any atom is 0.137 e. The Morgan fingerprint density at radius 2 is 1.71 bits per heavy atom. The zero-order chi connectivity index (χ0) is 10.1. The van der Waals surface area contributed by atoms with Gasteiger partial charge in [0.15, 0.2) is 0 Å². The van der Waals surface area contributed by atoms with Crippen LogP contribution in [0.25, 0.3) is 10.4 Å². The lowest BCUT2D eigenvalue weighted by molar-refractivity contribution is 1.39. The van der Waals surface area contributed by atoms with Gasteiger partial charge in [-0.2, -0.15) is 4.37 Å². The van der Waals surface area contributed by atoms with Crippen LogP contribution >= 0.6 is 11.5 Å². The van der Waals surface area contributed by atoms with E-state index in [9.17, 15) is 0 Å². The molecule has 14 heavy (non-hydrogen) atoms. The van der Waals surface area contributed by atoms with Gasteiger partial charge in [0, 0.05) is 6.07 Å². The van der Waals surface area contributed by atoms with Gasteiger partial charge < -0.3 is 5.73 Å². The second kappa shape index (κ2) is 3.42. The lowest BCUT2D eigenvalue weighted by Gasteiger charge is -2.01. The summed E-state index contributed by atoms with van der Waals surface area (Å²) in [4.78, 5) is 1.13. The van der Waals surface area contributed by atoms with Crippen molar-refractivity contribution in [2.75, 3.05) is 5.73 Å². The summed E-state index contributed by atoms with van der Waals surface area (Å²) in [5, 5.41) is 0. The summed E-state index contributed by atoms with van der Waals surface area (Å²) in [6, 6.07) is 8.38. The van der Waals surface area contributed by atoms with E-state index in [0.717, 1.165) is 4.88 Å². The van der Waals surface area contributed by atoms with Crippen LogP contribution in [0.5, 0.6) is 0 Å². The number of aromatic nitrogens is 1. The van der Waals surface area contributed by atoms with Gasteiger partial charge in [-0.15, -0.1) is 0 Å². The molecule has 2 nitrogen and oxygen atoms in total. The van der Waals surface area contributed by atoms with E-state index in [4.69, 9.17) is 5.73 Å². The molecule has 2 rings (SSSR count). The summed E-state index contributed by atoms with van der Waals surface area (Å²) in [5.74, 6) is 0.601. The highest BCUT2D eigenvalue weighted by Gasteiger charge is 2.03. The van der Waals surface area contributed by atoms with Gasteiger partial charge in [0.25, 0.3) is 0 Å². The van der Waals surface area contributed by atoms with Crippen molar-refractivity contribution in [1.29, 1.82) is 0 Å².